The molecule has 0 spiro atoms. The van der Waals surface area contributed by atoms with E-state index in [1.165, 1.54) is 14.2 Å². The first kappa shape index (κ1) is 13.1. The molecule has 0 aliphatic heterocycles. The molecule has 0 saturated carbocycles. The Morgan fingerprint density at radius 2 is 2.05 bits per heavy atom. The number of hydrogen-bond acceptors (Lipinski definition) is 4. The first-order valence-electron chi connectivity index (χ1n) is 5.73. The van der Waals surface area contributed by atoms with Gasteiger partial charge in [0.05, 0.1) is 14.2 Å². The van der Waals surface area contributed by atoms with Crippen LogP contribution in [0.4, 0.5) is 0 Å². The van der Waals surface area contributed by atoms with Crippen molar-refractivity contribution in [2.24, 2.45) is 0 Å². The molecule has 1 aliphatic rings. The highest BCUT2D eigenvalue weighted by Crippen LogP contribution is 2.39. The number of hydrogen-bond donors (Lipinski definition) is 1. The number of allylic oxidation sites excluding steroid dienone is 1. The van der Waals surface area contributed by atoms with E-state index in [0.29, 0.717) is 16.9 Å². The van der Waals surface area contributed by atoms with Crippen molar-refractivity contribution in [3.05, 3.63) is 35.4 Å². The van der Waals surface area contributed by atoms with E-state index >= 15 is 0 Å². The van der Waals surface area contributed by atoms with E-state index in [2.05, 4.69) is 0 Å². The fraction of sp³-hybridized carbons (Fsp3) is 0.286. The van der Waals surface area contributed by atoms with Gasteiger partial charge in [-0.1, -0.05) is 18.2 Å². The van der Waals surface area contributed by atoms with Gasteiger partial charge in [0.2, 0.25) is 0 Å². The van der Waals surface area contributed by atoms with E-state index in [1.54, 1.807) is 30.4 Å². The number of carboxylic acids is 1. The largest absolute Gasteiger partial charge is 0.497 e. The molecule has 1 aromatic carbocycles. The summed E-state index contributed by atoms with van der Waals surface area (Å²) in [6.07, 6.45) is 3.52. The Morgan fingerprint density at radius 3 is 2.63 bits per heavy atom. The summed E-state index contributed by atoms with van der Waals surface area (Å²) in [4.78, 5) is 23.7. The highest BCUT2D eigenvalue weighted by atomic mass is 16.5. The molecule has 0 amide bonds. The molecule has 5 nitrogen and oxygen atoms in total. The van der Waals surface area contributed by atoms with Crippen molar-refractivity contribution in [2.45, 2.75) is 11.8 Å². The predicted molar refractivity (Wildman–Crippen MR) is 68.0 cm³/mol. The molecule has 1 aromatic rings. The third-order valence-corrected chi connectivity index (χ3v) is 3.34. The van der Waals surface area contributed by atoms with Gasteiger partial charge in [-0.15, -0.1) is 0 Å². The predicted octanol–water partition coefficient (Wildman–Crippen LogP) is 1.61. The van der Waals surface area contributed by atoms with Crippen LogP contribution < -0.4 is 4.74 Å². The van der Waals surface area contributed by atoms with Crippen molar-refractivity contribution >= 4 is 18.0 Å². The second-order valence-corrected chi connectivity index (χ2v) is 4.26. The maximum atomic E-state index is 12.0. The molecule has 100 valence electrons. The number of fused-ring (bicyclic) bond motifs is 1. The maximum Gasteiger partial charge on any atom is 0.328 e. The van der Waals surface area contributed by atoms with Gasteiger partial charge in [0.15, 0.2) is 5.41 Å². The number of aliphatic carboxylic acids is 1. The molecular weight excluding hydrogens is 248 g/mol. The van der Waals surface area contributed by atoms with Crippen LogP contribution in [0.3, 0.4) is 0 Å². The van der Waals surface area contributed by atoms with E-state index in [4.69, 9.17) is 9.47 Å². The van der Waals surface area contributed by atoms with Gasteiger partial charge < -0.3 is 14.6 Å². The smallest absolute Gasteiger partial charge is 0.328 e. The Labute approximate surface area is 110 Å². The van der Waals surface area contributed by atoms with E-state index in [-0.39, 0.29) is 6.42 Å². The van der Waals surface area contributed by atoms with E-state index in [9.17, 15) is 14.7 Å². The molecule has 1 atom stereocenters. The molecule has 0 radical (unpaired) electrons. The SMILES string of the molecule is COC(=O)[C@]1(C(=O)O)CC=Cc2ccc(OC)cc21. The topological polar surface area (TPSA) is 72.8 Å². The van der Waals surface area contributed by atoms with Crippen LogP contribution in [0.1, 0.15) is 17.5 Å². The van der Waals surface area contributed by atoms with Crippen molar-refractivity contribution in [3.8, 4) is 5.75 Å². The normalized spacial score (nSPS) is 20.5. The Morgan fingerprint density at radius 1 is 1.32 bits per heavy atom. The van der Waals surface area contributed by atoms with Gasteiger partial charge in [-0.2, -0.15) is 0 Å². The monoisotopic (exact) mass is 262 g/mol. The summed E-state index contributed by atoms with van der Waals surface area (Å²) in [6.45, 7) is 0. The van der Waals surface area contributed by atoms with Gasteiger partial charge in [0.25, 0.3) is 0 Å². The van der Waals surface area contributed by atoms with Gasteiger partial charge in [-0.3, -0.25) is 9.59 Å². The van der Waals surface area contributed by atoms with Gasteiger partial charge in [-0.25, -0.2) is 0 Å². The van der Waals surface area contributed by atoms with Crippen molar-refractivity contribution in [1.82, 2.24) is 0 Å². The van der Waals surface area contributed by atoms with Crippen molar-refractivity contribution in [1.29, 1.82) is 0 Å². The summed E-state index contributed by atoms with van der Waals surface area (Å²) in [5, 5.41) is 9.53. The number of carbonyl (C=O) groups excluding carboxylic acids is 1. The molecule has 0 aromatic heterocycles. The van der Waals surface area contributed by atoms with Crippen LogP contribution in [0.15, 0.2) is 24.3 Å². The zero-order valence-corrected chi connectivity index (χ0v) is 10.7. The number of ether oxygens (including phenoxy) is 2. The lowest BCUT2D eigenvalue weighted by molar-refractivity contribution is -0.159. The molecule has 19 heavy (non-hydrogen) atoms. The van der Waals surface area contributed by atoms with Crippen molar-refractivity contribution in [3.63, 3.8) is 0 Å². The molecule has 0 bridgehead atoms. The zero-order valence-electron chi connectivity index (χ0n) is 10.7. The molecule has 2 rings (SSSR count). The van der Waals surface area contributed by atoms with Crippen LogP contribution in [0.25, 0.3) is 6.08 Å². The second-order valence-electron chi connectivity index (χ2n) is 4.26. The van der Waals surface area contributed by atoms with E-state index in [0.717, 1.165) is 0 Å². The van der Waals surface area contributed by atoms with Crippen LogP contribution in [0.5, 0.6) is 5.75 Å². The average molecular weight is 262 g/mol. The third kappa shape index (κ3) is 1.87. The quantitative estimate of drug-likeness (QED) is 0.661. The maximum absolute atomic E-state index is 12.0. The van der Waals surface area contributed by atoms with Gasteiger partial charge in [0.1, 0.15) is 5.75 Å². The minimum Gasteiger partial charge on any atom is -0.497 e. The Hall–Kier alpha value is -2.30. The third-order valence-electron chi connectivity index (χ3n) is 3.34. The van der Waals surface area contributed by atoms with Gasteiger partial charge in [0, 0.05) is 0 Å². The molecule has 1 N–H and O–H groups in total. The summed E-state index contributed by atoms with van der Waals surface area (Å²) in [7, 11) is 2.67. The molecule has 5 heteroatoms. The molecule has 0 heterocycles. The highest BCUT2D eigenvalue weighted by Gasteiger charge is 2.50. The summed E-state index contributed by atoms with van der Waals surface area (Å²) in [6, 6.07) is 5.02. The zero-order chi connectivity index (χ0) is 14.0. The lowest BCUT2D eigenvalue weighted by atomic mass is 9.72. The van der Waals surface area contributed by atoms with E-state index < -0.39 is 17.4 Å². The summed E-state index contributed by atoms with van der Waals surface area (Å²) < 4.78 is 9.79. The Balaban J connectivity index is 2.70. The lowest BCUT2D eigenvalue weighted by Gasteiger charge is -2.30. The highest BCUT2D eigenvalue weighted by molar-refractivity contribution is 6.07. The summed E-state index contributed by atoms with van der Waals surface area (Å²) in [5.74, 6) is -1.50. The number of benzene rings is 1. The molecular formula is C14H14O5. The van der Waals surface area contributed by atoms with Crippen LogP contribution in [0.2, 0.25) is 0 Å². The first-order valence-corrected chi connectivity index (χ1v) is 5.73. The van der Waals surface area contributed by atoms with E-state index in [1.807, 2.05) is 0 Å². The number of methoxy groups -OCH3 is 2. The van der Waals surface area contributed by atoms with Crippen molar-refractivity contribution in [2.75, 3.05) is 14.2 Å². The van der Waals surface area contributed by atoms with Crippen molar-refractivity contribution < 1.29 is 24.2 Å². The average Bonchev–Trinajstić information content (AvgIpc) is 2.44. The fourth-order valence-electron chi connectivity index (χ4n) is 2.31. The molecule has 0 saturated heterocycles. The fourth-order valence-corrected chi connectivity index (χ4v) is 2.31. The molecule has 0 unspecified atom stereocenters. The van der Waals surface area contributed by atoms with Crippen LogP contribution in [-0.2, 0) is 19.7 Å². The summed E-state index contributed by atoms with van der Waals surface area (Å²) in [5.41, 5.74) is -0.624. The minimum atomic E-state index is -1.70. The number of esters is 1. The molecule has 0 fully saturated rings. The van der Waals surface area contributed by atoms with Gasteiger partial charge >= 0.3 is 11.9 Å². The van der Waals surface area contributed by atoms with Crippen LogP contribution in [0, 0.1) is 0 Å². The standard InChI is InChI=1S/C14H14O5/c1-18-10-6-5-9-4-3-7-14(12(15)16,11(9)8-10)13(17)19-2/h3-6,8H,7H2,1-2H3,(H,15,16)/t14-/m1/s1. The number of carboxylic acid groups (broad SMARTS) is 1. The Kier molecular flexibility index (Phi) is 3.29. The lowest BCUT2D eigenvalue weighted by Crippen LogP contribution is -2.45. The first-order chi connectivity index (χ1) is 9.06. The second kappa shape index (κ2) is 4.76. The molecule has 1 aliphatic carbocycles. The van der Waals surface area contributed by atoms with Crippen LogP contribution >= 0.6 is 0 Å². The number of rotatable bonds is 3. The Bertz CT molecular complexity index is 561. The van der Waals surface area contributed by atoms with Gasteiger partial charge in [-0.05, 0) is 29.7 Å². The van der Waals surface area contributed by atoms with Crippen LogP contribution in [-0.4, -0.2) is 31.3 Å². The number of carbonyl (C=O) groups is 2. The minimum absolute atomic E-state index is 0.0647. The summed E-state index contributed by atoms with van der Waals surface area (Å²) >= 11 is 0.